The van der Waals surface area contributed by atoms with Crippen LogP contribution in [0.4, 0.5) is 0 Å². The average molecular weight is 261 g/mol. The molecule has 14 heavy (non-hydrogen) atoms. The second-order valence-electron chi connectivity index (χ2n) is 2.84. The van der Waals surface area contributed by atoms with Crippen molar-refractivity contribution in [2.75, 3.05) is 20.5 Å². The predicted octanol–water partition coefficient (Wildman–Crippen LogP) is 2.10. The van der Waals surface area contributed by atoms with Gasteiger partial charge in [0.15, 0.2) is 0 Å². The summed E-state index contributed by atoms with van der Waals surface area (Å²) in [6.45, 7) is 0.447. The molecule has 0 heterocycles. The van der Waals surface area contributed by atoms with E-state index in [2.05, 4.69) is 15.9 Å². The third kappa shape index (κ3) is 3.75. The van der Waals surface area contributed by atoms with Crippen LogP contribution < -0.4 is 0 Å². The van der Waals surface area contributed by atoms with Crippen LogP contribution in [0.5, 0.6) is 0 Å². The van der Waals surface area contributed by atoms with Gasteiger partial charge in [0.25, 0.3) is 0 Å². The van der Waals surface area contributed by atoms with Gasteiger partial charge in [0, 0.05) is 11.6 Å². The summed E-state index contributed by atoms with van der Waals surface area (Å²) in [5.41, 5.74) is 0.837. The molecular weight excluding hydrogens is 248 g/mol. The van der Waals surface area contributed by atoms with Gasteiger partial charge in [-0.25, -0.2) is 0 Å². The Morgan fingerprint density at radius 1 is 1.36 bits per heavy atom. The molecule has 0 saturated heterocycles. The second-order valence-corrected chi connectivity index (χ2v) is 3.76. The van der Waals surface area contributed by atoms with Crippen LogP contribution in [-0.4, -0.2) is 25.6 Å². The van der Waals surface area contributed by atoms with Crippen molar-refractivity contribution in [1.82, 2.24) is 0 Å². The summed E-state index contributed by atoms with van der Waals surface area (Å²) in [6, 6.07) is 7.47. The van der Waals surface area contributed by atoms with E-state index >= 15 is 0 Å². The molecule has 0 aliphatic heterocycles. The molecule has 0 aromatic heterocycles. The van der Waals surface area contributed by atoms with Gasteiger partial charge in [0.2, 0.25) is 0 Å². The zero-order valence-corrected chi connectivity index (χ0v) is 9.53. The van der Waals surface area contributed by atoms with Gasteiger partial charge in [-0.2, -0.15) is 0 Å². The van der Waals surface area contributed by atoms with Crippen LogP contribution in [0.2, 0.25) is 0 Å². The molecule has 0 fully saturated rings. The maximum absolute atomic E-state index is 9.64. The van der Waals surface area contributed by atoms with E-state index in [-0.39, 0.29) is 13.4 Å². The number of aliphatic hydroxyl groups is 1. The fourth-order valence-corrected chi connectivity index (χ4v) is 1.29. The summed E-state index contributed by atoms with van der Waals surface area (Å²) in [5.74, 6) is 0. The van der Waals surface area contributed by atoms with Gasteiger partial charge < -0.3 is 14.6 Å². The van der Waals surface area contributed by atoms with Crippen molar-refractivity contribution in [1.29, 1.82) is 0 Å². The smallest absolute Gasteiger partial charge is 0.146 e. The third-order valence-corrected chi connectivity index (χ3v) is 2.26. The SMILES string of the molecule is COCOC[C@@H](O)c1ccc(Br)cc1. The molecule has 3 nitrogen and oxygen atoms in total. The molecular formula is C10H13BrO3. The molecule has 1 aromatic carbocycles. The summed E-state index contributed by atoms with van der Waals surface area (Å²) >= 11 is 3.33. The van der Waals surface area contributed by atoms with E-state index in [0.717, 1.165) is 10.0 Å². The first-order valence-corrected chi connectivity index (χ1v) is 5.03. The fraction of sp³-hybridized carbons (Fsp3) is 0.400. The monoisotopic (exact) mass is 260 g/mol. The highest BCUT2D eigenvalue weighted by Crippen LogP contribution is 2.16. The zero-order valence-electron chi connectivity index (χ0n) is 7.94. The van der Waals surface area contributed by atoms with Crippen molar-refractivity contribution in [2.45, 2.75) is 6.10 Å². The molecule has 0 amide bonds. The summed E-state index contributed by atoms with van der Waals surface area (Å²) < 4.78 is 10.7. The first-order valence-electron chi connectivity index (χ1n) is 4.24. The van der Waals surface area contributed by atoms with Crippen LogP contribution in [0.1, 0.15) is 11.7 Å². The van der Waals surface area contributed by atoms with E-state index in [9.17, 15) is 5.11 Å². The molecule has 1 N–H and O–H groups in total. The van der Waals surface area contributed by atoms with E-state index < -0.39 is 6.10 Å². The molecule has 0 unspecified atom stereocenters. The highest BCUT2D eigenvalue weighted by molar-refractivity contribution is 9.10. The predicted molar refractivity (Wildman–Crippen MR) is 56.9 cm³/mol. The first-order chi connectivity index (χ1) is 6.74. The molecule has 1 atom stereocenters. The summed E-state index contributed by atoms with van der Waals surface area (Å²) in [5, 5.41) is 9.64. The molecule has 4 heteroatoms. The van der Waals surface area contributed by atoms with Crippen LogP contribution in [0.15, 0.2) is 28.7 Å². The van der Waals surface area contributed by atoms with Crippen LogP contribution in [0.25, 0.3) is 0 Å². The molecule has 0 radical (unpaired) electrons. The average Bonchev–Trinajstić information content (AvgIpc) is 2.19. The zero-order chi connectivity index (χ0) is 10.4. The number of hydrogen-bond acceptors (Lipinski definition) is 3. The lowest BCUT2D eigenvalue weighted by Crippen LogP contribution is -2.08. The van der Waals surface area contributed by atoms with E-state index in [1.165, 1.54) is 0 Å². The summed E-state index contributed by atoms with van der Waals surface area (Å²) in [6.07, 6.45) is -0.599. The van der Waals surface area contributed by atoms with Crippen molar-refractivity contribution in [3.63, 3.8) is 0 Å². The van der Waals surface area contributed by atoms with Crippen LogP contribution >= 0.6 is 15.9 Å². The molecule has 1 rings (SSSR count). The van der Waals surface area contributed by atoms with Gasteiger partial charge in [-0.1, -0.05) is 28.1 Å². The standard InChI is InChI=1S/C10H13BrO3/c1-13-7-14-6-10(12)8-2-4-9(11)5-3-8/h2-5,10,12H,6-7H2,1H3/t10-/m1/s1. The minimum atomic E-state index is -0.599. The minimum absolute atomic E-state index is 0.202. The van der Waals surface area contributed by atoms with Crippen molar-refractivity contribution >= 4 is 15.9 Å². The van der Waals surface area contributed by atoms with E-state index in [0.29, 0.717) is 0 Å². The van der Waals surface area contributed by atoms with Crippen LogP contribution in [0, 0.1) is 0 Å². The van der Waals surface area contributed by atoms with Crippen molar-refractivity contribution in [2.24, 2.45) is 0 Å². The number of hydrogen-bond donors (Lipinski definition) is 1. The number of halogens is 1. The number of aliphatic hydroxyl groups excluding tert-OH is 1. The highest BCUT2D eigenvalue weighted by Gasteiger charge is 2.06. The lowest BCUT2D eigenvalue weighted by Gasteiger charge is -2.10. The summed E-state index contributed by atoms with van der Waals surface area (Å²) in [7, 11) is 1.55. The first kappa shape index (κ1) is 11.7. The molecule has 78 valence electrons. The fourth-order valence-electron chi connectivity index (χ4n) is 1.02. The van der Waals surface area contributed by atoms with E-state index in [1.807, 2.05) is 24.3 Å². The number of benzene rings is 1. The van der Waals surface area contributed by atoms with Gasteiger partial charge in [-0.3, -0.25) is 0 Å². The quantitative estimate of drug-likeness (QED) is 0.651. The third-order valence-electron chi connectivity index (χ3n) is 1.73. The Kier molecular flexibility index (Phi) is 5.11. The van der Waals surface area contributed by atoms with Crippen LogP contribution in [0.3, 0.4) is 0 Å². The Morgan fingerprint density at radius 3 is 2.57 bits per heavy atom. The van der Waals surface area contributed by atoms with Gasteiger partial charge in [-0.15, -0.1) is 0 Å². The topological polar surface area (TPSA) is 38.7 Å². The van der Waals surface area contributed by atoms with Gasteiger partial charge in [0.05, 0.1) is 6.61 Å². The summed E-state index contributed by atoms with van der Waals surface area (Å²) in [4.78, 5) is 0. The van der Waals surface area contributed by atoms with Crippen molar-refractivity contribution in [3.8, 4) is 0 Å². The van der Waals surface area contributed by atoms with Crippen molar-refractivity contribution < 1.29 is 14.6 Å². The Bertz CT molecular complexity index is 261. The largest absolute Gasteiger partial charge is 0.386 e. The Labute approximate surface area is 91.8 Å². The van der Waals surface area contributed by atoms with E-state index in [4.69, 9.17) is 9.47 Å². The Morgan fingerprint density at radius 2 is 2.00 bits per heavy atom. The maximum Gasteiger partial charge on any atom is 0.146 e. The normalized spacial score (nSPS) is 12.8. The molecule has 0 bridgehead atoms. The van der Waals surface area contributed by atoms with Crippen molar-refractivity contribution in [3.05, 3.63) is 34.3 Å². The maximum atomic E-state index is 9.64. The Hall–Kier alpha value is -0.420. The van der Waals surface area contributed by atoms with Gasteiger partial charge in [0.1, 0.15) is 12.9 Å². The number of methoxy groups -OCH3 is 1. The van der Waals surface area contributed by atoms with Gasteiger partial charge >= 0.3 is 0 Å². The number of ether oxygens (including phenoxy) is 2. The number of rotatable bonds is 5. The van der Waals surface area contributed by atoms with Gasteiger partial charge in [-0.05, 0) is 17.7 Å². The molecule has 0 spiro atoms. The van der Waals surface area contributed by atoms with E-state index in [1.54, 1.807) is 7.11 Å². The molecule has 1 aromatic rings. The highest BCUT2D eigenvalue weighted by atomic mass is 79.9. The minimum Gasteiger partial charge on any atom is -0.386 e. The molecule has 0 saturated carbocycles. The lowest BCUT2D eigenvalue weighted by molar-refractivity contribution is -0.0621. The molecule has 0 aliphatic rings. The molecule has 0 aliphatic carbocycles. The Balaban J connectivity index is 2.43. The lowest BCUT2D eigenvalue weighted by atomic mass is 10.1. The van der Waals surface area contributed by atoms with Crippen LogP contribution in [-0.2, 0) is 9.47 Å². The second kappa shape index (κ2) is 6.14.